The van der Waals surface area contributed by atoms with Crippen LogP contribution in [0, 0.1) is 0 Å². The van der Waals surface area contributed by atoms with Crippen LogP contribution in [0.3, 0.4) is 0 Å². The number of aliphatic imine (C=N–C) groups is 1. The average Bonchev–Trinajstić information content (AvgIpc) is 3.52. The number of hydrogen-bond donors (Lipinski definition) is 0. The van der Waals surface area contributed by atoms with Crippen LogP contribution in [0.4, 0.5) is 0 Å². The van der Waals surface area contributed by atoms with E-state index in [1.54, 1.807) is 0 Å². The van der Waals surface area contributed by atoms with Crippen molar-refractivity contribution in [2.24, 2.45) is 4.99 Å². The summed E-state index contributed by atoms with van der Waals surface area (Å²) in [5.41, 5.74) is 4.14. The molecule has 6 rings (SSSR count). The Morgan fingerprint density at radius 2 is 1.79 bits per heavy atom. The average molecular weight is 528 g/mol. The zero-order chi connectivity index (χ0) is 26.1. The second kappa shape index (κ2) is 10.5. The molecule has 3 aliphatic rings. The fourth-order valence-corrected chi connectivity index (χ4v) is 5.51. The second-order valence-corrected chi connectivity index (χ2v) is 10.3. The van der Waals surface area contributed by atoms with Crippen molar-refractivity contribution in [1.29, 1.82) is 0 Å². The molecule has 3 aromatic carbocycles. The normalized spacial score (nSPS) is 21.2. The highest BCUT2D eigenvalue weighted by Gasteiger charge is 2.46. The molecule has 3 aromatic rings. The van der Waals surface area contributed by atoms with Crippen LogP contribution in [0.15, 0.2) is 89.6 Å². The first-order chi connectivity index (χ1) is 18.6. The number of guanidine groups is 1. The fraction of sp³-hybridized carbons (Fsp3) is 0.290. The third-order valence-corrected chi connectivity index (χ3v) is 7.52. The standard InChI is InChI=1S/C31H30ClN3O3/c1-2-3-5-10-26-30(23-12-14-24(32)15-13-23)34(19-21-11-16-27-28(17-21)38-20-37-27)31-33-25(18-29(36)35(26)31)22-8-6-4-7-9-22/h4,6-17,25,30H,2-3,5,18-20H2,1H3/b26-10-/t25-,30-/m0/s1. The Morgan fingerprint density at radius 3 is 2.58 bits per heavy atom. The van der Waals surface area contributed by atoms with Gasteiger partial charge in [-0.3, -0.25) is 9.69 Å². The predicted molar refractivity (Wildman–Crippen MR) is 148 cm³/mol. The molecule has 0 unspecified atom stereocenters. The number of ether oxygens (including phenoxy) is 2. The Morgan fingerprint density at radius 1 is 1.00 bits per heavy atom. The summed E-state index contributed by atoms with van der Waals surface area (Å²) in [6, 6.07) is 23.6. The van der Waals surface area contributed by atoms with Crippen LogP contribution in [0.25, 0.3) is 0 Å². The number of allylic oxidation sites excluding steroid dienone is 1. The van der Waals surface area contributed by atoms with E-state index in [2.05, 4.69) is 24.0 Å². The van der Waals surface area contributed by atoms with Gasteiger partial charge >= 0.3 is 0 Å². The minimum Gasteiger partial charge on any atom is -0.454 e. The van der Waals surface area contributed by atoms with Crippen molar-refractivity contribution < 1.29 is 14.3 Å². The maximum atomic E-state index is 13.8. The summed E-state index contributed by atoms with van der Waals surface area (Å²) in [6.45, 7) is 2.96. The molecule has 6 nitrogen and oxygen atoms in total. The highest BCUT2D eigenvalue weighted by molar-refractivity contribution is 6.30. The molecule has 0 N–H and O–H groups in total. The van der Waals surface area contributed by atoms with Crippen molar-refractivity contribution >= 4 is 23.5 Å². The van der Waals surface area contributed by atoms with Gasteiger partial charge in [0, 0.05) is 11.6 Å². The van der Waals surface area contributed by atoms with Crippen LogP contribution in [0.2, 0.25) is 5.02 Å². The largest absolute Gasteiger partial charge is 0.454 e. The highest BCUT2D eigenvalue weighted by atomic mass is 35.5. The summed E-state index contributed by atoms with van der Waals surface area (Å²) >= 11 is 6.27. The molecule has 3 aliphatic heterocycles. The Balaban J connectivity index is 1.47. The van der Waals surface area contributed by atoms with Gasteiger partial charge in [0.15, 0.2) is 11.5 Å². The molecule has 2 atom stereocenters. The third-order valence-electron chi connectivity index (χ3n) is 7.27. The first-order valence-corrected chi connectivity index (χ1v) is 13.6. The van der Waals surface area contributed by atoms with Crippen molar-refractivity contribution in [3.05, 3.63) is 106 Å². The zero-order valence-corrected chi connectivity index (χ0v) is 22.1. The van der Waals surface area contributed by atoms with Gasteiger partial charge in [-0.25, -0.2) is 4.99 Å². The van der Waals surface area contributed by atoms with E-state index in [0.717, 1.165) is 53.1 Å². The molecule has 0 aromatic heterocycles. The van der Waals surface area contributed by atoms with E-state index in [0.29, 0.717) is 23.9 Å². The molecule has 1 fully saturated rings. The van der Waals surface area contributed by atoms with Crippen LogP contribution in [0.1, 0.15) is 61.4 Å². The van der Waals surface area contributed by atoms with E-state index in [1.807, 2.05) is 71.6 Å². The predicted octanol–water partition coefficient (Wildman–Crippen LogP) is 7.03. The number of amides is 1. The smallest absolute Gasteiger partial charge is 0.236 e. The van der Waals surface area contributed by atoms with Crippen LogP contribution >= 0.6 is 11.6 Å². The molecule has 194 valence electrons. The number of fused-ring (bicyclic) bond motifs is 2. The SMILES string of the molecule is CCCC/C=C1/[C@H](c2ccc(Cl)cc2)N(Cc2ccc3c(c2)OCO3)C2=N[C@H](c3ccccc3)CC(=O)N21. The summed E-state index contributed by atoms with van der Waals surface area (Å²) in [6.07, 6.45) is 5.59. The molecule has 0 radical (unpaired) electrons. The van der Waals surface area contributed by atoms with Crippen LogP contribution in [0.5, 0.6) is 11.5 Å². The number of halogens is 1. The maximum absolute atomic E-state index is 13.8. The van der Waals surface area contributed by atoms with E-state index in [1.165, 1.54) is 0 Å². The van der Waals surface area contributed by atoms with E-state index < -0.39 is 0 Å². The number of benzene rings is 3. The van der Waals surface area contributed by atoms with Crippen LogP contribution < -0.4 is 9.47 Å². The maximum Gasteiger partial charge on any atom is 0.236 e. The molecule has 0 bridgehead atoms. The quantitative estimate of drug-likeness (QED) is 0.309. The molecular weight excluding hydrogens is 498 g/mol. The van der Waals surface area contributed by atoms with E-state index >= 15 is 0 Å². The first kappa shape index (κ1) is 24.6. The van der Waals surface area contributed by atoms with Crippen molar-refractivity contribution in [3.63, 3.8) is 0 Å². The first-order valence-electron chi connectivity index (χ1n) is 13.2. The number of carbonyl (C=O) groups is 1. The van der Waals surface area contributed by atoms with Gasteiger partial charge in [-0.2, -0.15) is 0 Å². The molecule has 0 aliphatic carbocycles. The van der Waals surface area contributed by atoms with Crippen molar-refractivity contribution in [1.82, 2.24) is 9.80 Å². The summed E-state index contributed by atoms with van der Waals surface area (Å²) in [5.74, 6) is 2.25. The lowest BCUT2D eigenvalue weighted by atomic mass is 10.00. The minimum absolute atomic E-state index is 0.0683. The lowest BCUT2D eigenvalue weighted by Crippen LogP contribution is -2.41. The van der Waals surface area contributed by atoms with E-state index in [-0.39, 0.29) is 24.8 Å². The molecule has 38 heavy (non-hydrogen) atoms. The van der Waals surface area contributed by atoms with Gasteiger partial charge in [0.05, 0.1) is 24.2 Å². The summed E-state index contributed by atoms with van der Waals surface area (Å²) in [4.78, 5) is 23.1. The molecule has 1 amide bonds. The van der Waals surface area contributed by atoms with Gasteiger partial charge in [0.1, 0.15) is 0 Å². The number of nitrogens with zero attached hydrogens (tertiary/aromatic N) is 3. The van der Waals surface area contributed by atoms with E-state index in [4.69, 9.17) is 26.1 Å². The zero-order valence-electron chi connectivity index (χ0n) is 21.3. The summed E-state index contributed by atoms with van der Waals surface area (Å²) in [5, 5.41) is 0.681. The van der Waals surface area contributed by atoms with Crippen molar-refractivity contribution in [3.8, 4) is 11.5 Å². The topological polar surface area (TPSA) is 54.4 Å². The van der Waals surface area contributed by atoms with Crippen LogP contribution in [-0.4, -0.2) is 28.5 Å². The summed E-state index contributed by atoms with van der Waals surface area (Å²) in [7, 11) is 0. The summed E-state index contributed by atoms with van der Waals surface area (Å²) < 4.78 is 11.2. The van der Waals surface area contributed by atoms with Crippen molar-refractivity contribution in [2.75, 3.05) is 6.79 Å². The third kappa shape index (κ3) is 4.65. The number of carbonyl (C=O) groups excluding carboxylic acids is 1. The second-order valence-electron chi connectivity index (χ2n) is 9.83. The Kier molecular flexibility index (Phi) is 6.81. The number of rotatable bonds is 7. The van der Waals surface area contributed by atoms with Crippen molar-refractivity contribution in [2.45, 2.75) is 51.2 Å². The Labute approximate surface area is 228 Å². The number of unbranched alkanes of at least 4 members (excludes halogenated alkanes) is 2. The number of hydrogen-bond acceptors (Lipinski definition) is 5. The molecule has 3 heterocycles. The lowest BCUT2D eigenvalue weighted by molar-refractivity contribution is -0.126. The monoisotopic (exact) mass is 527 g/mol. The van der Waals surface area contributed by atoms with Gasteiger partial charge in [0.2, 0.25) is 18.7 Å². The molecular formula is C31H30ClN3O3. The minimum atomic E-state index is -0.227. The van der Waals surface area contributed by atoms with Gasteiger partial charge in [-0.05, 0) is 47.4 Å². The van der Waals surface area contributed by atoms with Crippen LogP contribution in [-0.2, 0) is 11.3 Å². The fourth-order valence-electron chi connectivity index (χ4n) is 5.39. The van der Waals surface area contributed by atoms with Gasteiger partial charge in [-0.1, -0.05) is 86.0 Å². The van der Waals surface area contributed by atoms with Gasteiger partial charge < -0.3 is 14.4 Å². The van der Waals surface area contributed by atoms with E-state index in [9.17, 15) is 4.79 Å². The van der Waals surface area contributed by atoms with Gasteiger partial charge in [-0.15, -0.1) is 0 Å². The lowest BCUT2D eigenvalue weighted by Gasteiger charge is -2.30. The molecule has 0 spiro atoms. The Hall–Kier alpha value is -3.77. The van der Waals surface area contributed by atoms with Gasteiger partial charge in [0.25, 0.3) is 0 Å². The molecule has 0 saturated carbocycles. The molecule has 1 saturated heterocycles. The highest BCUT2D eigenvalue weighted by Crippen LogP contribution is 2.45. The Bertz CT molecular complexity index is 1390. The molecule has 7 heteroatoms.